The van der Waals surface area contributed by atoms with E-state index in [1.807, 2.05) is 0 Å². The van der Waals surface area contributed by atoms with Crippen LogP contribution in [0.3, 0.4) is 0 Å². The lowest BCUT2D eigenvalue weighted by Crippen LogP contribution is -2.15. The molecular formula is C15H10F3NO2S. The Morgan fingerprint density at radius 1 is 1.00 bits per heavy atom. The fourth-order valence-electron chi connectivity index (χ4n) is 1.81. The first-order valence-electron chi connectivity index (χ1n) is 6.10. The molecule has 0 radical (unpaired) electrons. The van der Waals surface area contributed by atoms with Gasteiger partial charge in [-0.25, -0.2) is 4.79 Å². The number of thiocarbonyl (C=S) groups is 1. The van der Waals surface area contributed by atoms with Gasteiger partial charge in [-0.3, -0.25) is 0 Å². The maximum Gasteiger partial charge on any atom is 0.416 e. The van der Waals surface area contributed by atoms with E-state index in [0.29, 0.717) is 11.3 Å². The molecule has 0 atom stereocenters. The van der Waals surface area contributed by atoms with Crippen LogP contribution in [0.2, 0.25) is 0 Å². The zero-order valence-electron chi connectivity index (χ0n) is 11.0. The van der Waals surface area contributed by atoms with Crippen LogP contribution >= 0.6 is 12.2 Å². The van der Waals surface area contributed by atoms with Crippen molar-refractivity contribution in [2.45, 2.75) is 6.18 Å². The molecule has 0 bridgehead atoms. The number of halogens is 3. The van der Waals surface area contributed by atoms with Crippen LogP contribution in [-0.4, -0.2) is 16.1 Å². The summed E-state index contributed by atoms with van der Waals surface area (Å²) in [6, 6.07) is 10.4. The van der Waals surface area contributed by atoms with Gasteiger partial charge in [0.05, 0.1) is 11.1 Å². The van der Waals surface area contributed by atoms with Gasteiger partial charge in [0.2, 0.25) is 0 Å². The zero-order chi connectivity index (χ0) is 16.3. The molecule has 2 aromatic carbocycles. The summed E-state index contributed by atoms with van der Waals surface area (Å²) >= 11 is 5.12. The number of hydrogen-bond donors (Lipinski definition) is 2. The number of carbonyl (C=O) groups is 1. The highest BCUT2D eigenvalue weighted by Crippen LogP contribution is 2.29. The first-order valence-corrected chi connectivity index (χ1v) is 6.51. The molecular weight excluding hydrogens is 315 g/mol. The highest BCUT2D eigenvalue weighted by Gasteiger charge is 2.29. The fraction of sp³-hybridized carbons (Fsp3) is 0.0667. The third-order valence-electron chi connectivity index (χ3n) is 2.87. The predicted molar refractivity (Wildman–Crippen MR) is 80.2 cm³/mol. The van der Waals surface area contributed by atoms with E-state index in [1.54, 1.807) is 12.1 Å². The van der Waals surface area contributed by atoms with E-state index in [1.165, 1.54) is 24.3 Å². The maximum absolute atomic E-state index is 12.5. The number of carboxylic acid groups (broad SMARTS) is 1. The SMILES string of the molecule is O=C(O)c1ccccc1C(=S)Nc1ccc(C(F)(F)F)cc1. The number of carboxylic acids is 1. The second-order valence-electron chi connectivity index (χ2n) is 4.38. The van der Waals surface area contributed by atoms with E-state index >= 15 is 0 Å². The molecule has 0 saturated carbocycles. The summed E-state index contributed by atoms with van der Waals surface area (Å²) < 4.78 is 37.4. The molecule has 2 rings (SSSR count). The molecule has 7 heteroatoms. The molecule has 2 N–H and O–H groups in total. The summed E-state index contributed by atoms with van der Waals surface area (Å²) in [5.41, 5.74) is -0.107. The molecule has 22 heavy (non-hydrogen) atoms. The number of hydrogen-bond acceptors (Lipinski definition) is 2. The van der Waals surface area contributed by atoms with Crippen molar-refractivity contribution in [3.63, 3.8) is 0 Å². The lowest BCUT2D eigenvalue weighted by molar-refractivity contribution is -0.137. The first-order chi connectivity index (χ1) is 10.3. The van der Waals surface area contributed by atoms with Crippen LogP contribution in [0.4, 0.5) is 18.9 Å². The summed E-state index contributed by atoms with van der Waals surface area (Å²) in [7, 11) is 0. The van der Waals surface area contributed by atoms with Gasteiger partial charge in [0, 0.05) is 11.3 Å². The molecule has 0 saturated heterocycles. The van der Waals surface area contributed by atoms with Crippen LogP contribution in [-0.2, 0) is 6.18 Å². The van der Waals surface area contributed by atoms with Gasteiger partial charge in [0.25, 0.3) is 0 Å². The molecule has 0 aromatic heterocycles. The van der Waals surface area contributed by atoms with Crippen LogP contribution in [0.15, 0.2) is 48.5 Å². The number of benzene rings is 2. The fourth-order valence-corrected chi connectivity index (χ4v) is 2.10. The van der Waals surface area contributed by atoms with Gasteiger partial charge in [-0.05, 0) is 30.3 Å². The average molecular weight is 325 g/mol. The quantitative estimate of drug-likeness (QED) is 0.831. The van der Waals surface area contributed by atoms with Crippen molar-refractivity contribution >= 4 is 28.9 Å². The standard InChI is InChI=1S/C15H10F3NO2S/c16-15(17,18)9-5-7-10(8-6-9)19-13(22)11-3-1-2-4-12(11)14(20)21/h1-8H,(H,19,22)(H,20,21). The molecule has 0 aliphatic heterocycles. The van der Waals surface area contributed by atoms with Crippen LogP contribution in [0, 0.1) is 0 Å². The minimum Gasteiger partial charge on any atom is -0.478 e. The number of anilines is 1. The van der Waals surface area contributed by atoms with Crippen molar-refractivity contribution in [2.24, 2.45) is 0 Å². The predicted octanol–water partition coefficient (Wildman–Crippen LogP) is 4.19. The Hall–Kier alpha value is -2.41. The summed E-state index contributed by atoms with van der Waals surface area (Å²) in [6.07, 6.45) is -4.41. The molecule has 3 nitrogen and oxygen atoms in total. The van der Waals surface area contributed by atoms with Crippen LogP contribution in [0.5, 0.6) is 0 Å². The number of rotatable bonds is 3. The number of alkyl halides is 3. The first kappa shape index (κ1) is 16.0. The second kappa shape index (κ2) is 6.15. The molecule has 0 unspecified atom stereocenters. The molecule has 114 valence electrons. The minimum atomic E-state index is -4.41. The van der Waals surface area contributed by atoms with Crippen molar-refractivity contribution in [3.05, 3.63) is 65.2 Å². The summed E-state index contributed by atoms with van der Waals surface area (Å²) in [5.74, 6) is -1.13. The summed E-state index contributed by atoms with van der Waals surface area (Å²) in [4.78, 5) is 11.2. The van der Waals surface area contributed by atoms with Gasteiger partial charge in [-0.2, -0.15) is 13.2 Å². The summed E-state index contributed by atoms with van der Waals surface area (Å²) in [5, 5.41) is 11.8. The van der Waals surface area contributed by atoms with Crippen LogP contribution in [0.1, 0.15) is 21.5 Å². The van der Waals surface area contributed by atoms with Crippen molar-refractivity contribution in [2.75, 3.05) is 5.32 Å². The Kier molecular flexibility index (Phi) is 4.46. The molecule has 0 aliphatic carbocycles. The summed E-state index contributed by atoms with van der Waals surface area (Å²) in [6.45, 7) is 0. The van der Waals surface area contributed by atoms with Crippen LogP contribution in [0.25, 0.3) is 0 Å². The van der Waals surface area contributed by atoms with Gasteiger partial charge < -0.3 is 10.4 Å². The van der Waals surface area contributed by atoms with Crippen molar-refractivity contribution in [3.8, 4) is 0 Å². The Labute approximate surface area is 129 Å². The molecule has 0 spiro atoms. The average Bonchev–Trinajstić information content (AvgIpc) is 2.46. The van der Waals surface area contributed by atoms with E-state index in [9.17, 15) is 18.0 Å². The van der Waals surface area contributed by atoms with E-state index < -0.39 is 17.7 Å². The Bertz CT molecular complexity index is 711. The Morgan fingerprint density at radius 3 is 2.05 bits per heavy atom. The minimum absolute atomic E-state index is 0.0203. The molecule has 0 heterocycles. The van der Waals surface area contributed by atoms with Crippen molar-refractivity contribution in [1.82, 2.24) is 0 Å². The molecule has 0 aliphatic rings. The Balaban J connectivity index is 2.21. The smallest absolute Gasteiger partial charge is 0.416 e. The van der Waals surface area contributed by atoms with Gasteiger partial charge in [-0.1, -0.05) is 30.4 Å². The number of aromatic carboxylic acids is 1. The Morgan fingerprint density at radius 2 is 1.55 bits per heavy atom. The van der Waals surface area contributed by atoms with Gasteiger partial charge in [-0.15, -0.1) is 0 Å². The third-order valence-corrected chi connectivity index (χ3v) is 3.19. The highest BCUT2D eigenvalue weighted by molar-refractivity contribution is 7.81. The molecule has 2 aromatic rings. The maximum atomic E-state index is 12.5. The normalized spacial score (nSPS) is 11.0. The second-order valence-corrected chi connectivity index (χ2v) is 4.79. The van der Waals surface area contributed by atoms with E-state index in [4.69, 9.17) is 17.3 Å². The molecule has 0 amide bonds. The van der Waals surface area contributed by atoms with E-state index in [2.05, 4.69) is 5.32 Å². The monoisotopic (exact) mass is 325 g/mol. The third kappa shape index (κ3) is 3.62. The van der Waals surface area contributed by atoms with Crippen LogP contribution < -0.4 is 5.32 Å². The van der Waals surface area contributed by atoms with Gasteiger partial charge in [0.15, 0.2) is 0 Å². The lowest BCUT2D eigenvalue weighted by atomic mass is 10.1. The molecule has 0 fully saturated rings. The van der Waals surface area contributed by atoms with Gasteiger partial charge in [0.1, 0.15) is 4.99 Å². The number of nitrogens with one attached hydrogen (secondary N) is 1. The van der Waals surface area contributed by atoms with Crippen molar-refractivity contribution in [1.29, 1.82) is 0 Å². The lowest BCUT2D eigenvalue weighted by Gasteiger charge is -2.12. The largest absolute Gasteiger partial charge is 0.478 e. The topological polar surface area (TPSA) is 49.3 Å². The van der Waals surface area contributed by atoms with Gasteiger partial charge >= 0.3 is 12.1 Å². The zero-order valence-corrected chi connectivity index (χ0v) is 11.8. The van der Waals surface area contributed by atoms with E-state index in [-0.39, 0.29) is 10.6 Å². The van der Waals surface area contributed by atoms with E-state index in [0.717, 1.165) is 12.1 Å². The highest BCUT2D eigenvalue weighted by atomic mass is 32.1. The van der Waals surface area contributed by atoms with Crippen molar-refractivity contribution < 1.29 is 23.1 Å².